The van der Waals surface area contributed by atoms with E-state index < -0.39 is 0 Å². The van der Waals surface area contributed by atoms with Gasteiger partial charge in [0.1, 0.15) is 0 Å². The molecule has 0 aromatic heterocycles. The summed E-state index contributed by atoms with van der Waals surface area (Å²) in [7, 11) is 0. The van der Waals surface area contributed by atoms with Crippen LogP contribution in [0.2, 0.25) is 5.02 Å². The zero-order chi connectivity index (χ0) is 10.7. The van der Waals surface area contributed by atoms with Crippen molar-refractivity contribution in [1.82, 2.24) is 5.32 Å². The van der Waals surface area contributed by atoms with Crippen molar-refractivity contribution in [2.75, 3.05) is 5.75 Å². The standard InChI is InChI=1S/C11H12ClNOS/c12-8-1-4-10(5-2-8)15-7-9-3-6-11(14)13-9/h1-2,4-5,9H,3,6-7H2,(H,13,14)/t9-/m0/s1. The fourth-order valence-electron chi connectivity index (χ4n) is 1.53. The zero-order valence-corrected chi connectivity index (χ0v) is 9.77. The smallest absolute Gasteiger partial charge is 0.220 e. The molecule has 0 unspecified atom stereocenters. The monoisotopic (exact) mass is 241 g/mol. The number of halogens is 1. The molecule has 1 aliphatic heterocycles. The minimum atomic E-state index is 0.178. The molecule has 1 N–H and O–H groups in total. The highest BCUT2D eigenvalue weighted by Gasteiger charge is 2.20. The first-order valence-electron chi connectivity index (χ1n) is 4.92. The molecule has 1 saturated heterocycles. The maximum Gasteiger partial charge on any atom is 0.220 e. The number of nitrogens with one attached hydrogen (secondary N) is 1. The Bertz CT molecular complexity index is 352. The molecule has 4 heteroatoms. The second-order valence-electron chi connectivity index (χ2n) is 3.57. The maximum atomic E-state index is 11.0. The summed E-state index contributed by atoms with van der Waals surface area (Å²) in [6.45, 7) is 0. The van der Waals surface area contributed by atoms with Gasteiger partial charge in [-0.2, -0.15) is 0 Å². The van der Waals surface area contributed by atoms with Crippen LogP contribution < -0.4 is 5.32 Å². The van der Waals surface area contributed by atoms with Crippen molar-refractivity contribution in [2.24, 2.45) is 0 Å². The summed E-state index contributed by atoms with van der Waals surface area (Å²) in [6, 6.07) is 8.11. The van der Waals surface area contributed by atoms with Gasteiger partial charge in [0.2, 0.25) is 5.91 Å². The van der Waals surface area contributed by atoms with Gasteiger partial charge in [-0.3, -0.25) is 4.79 Å². The van der Waals surface area contributed by atoms with E-state index in [1.54, 1.807) is 11.8 Å². The Morgan fingerprint density at radius 1 is 1.40 bits per heavy atom. The van der Waals surface area contributed by atoms with E-state index in [4.69, 9.17) is 11.6 Å². The quantitative estimate of drug-likeness (QED) is 0.825. The number of hydrogen-bond donors (Lipinski definition) is 1. The molecule has 80 valence electrons. The van der Waals surface area contributed by atoms with Crippen molar-refractivity contribution in [3.8, 4) is 0 Å². The predicted octanol–water partition coefficient (Wildman–Crippen LogP) is 2.71. The van der Waals surface area contributed by atoms with Crippen LogP contribution in [0.1, 0.15) is 12.8 Å². The molecule has 1 heterocycles. The third kappa shape index (κ3) is 3.14. The van der Waals surface area contributed by atoms with Crippen molar-refractivity contribution < 1.29 is 4.79 Å². The van der Waals surface area contributed by atoms with E-state index in [0.29, 0.717) is 12.5 Å². The van der Waals surface area contributed by atoms with Crippen molar-refractivity contribution in [3.05, 3.63) is 29.3 Å². The van der Waals surface area contributed by atoms with Crippen LogP contribution in [-0.2, 0) is 4.79 Å². The Labute approximate surface area is 98.4 Å². The molecule has 0 radical (unpaired) electrons. The molecule has 0 spiro atoms. The number of amides is 1. The molecule has 1 fully saturated rings. The van der Waals surface area contributed by atoms with Crippen molar-refractivity contribution >= 4 is 29.3 Å². The molecule has 1 amide bonds. The van der Waals surface area contributed by atoms with Gasteiger partial charge in [-0.15, -0.1) is 11.8 Å². The lowest BCUT2D eigenvalue weighted by Gasteiger charge is -2.08. The van der Waals surface area contributed by atoms with Crippen LogP contribution in [-0.4, -0.2) is 17.7 Å². The number of carbonyl (C=O) groups excluding carboxylic acids is 1. The highest BCUT2D eigenvalue weighted by molar-refractivity contribution is 7.99. The molecule has 0 bridgehead atoms. The Morgan fingerprint density at radius 3 is 2.73 bits per heavy atom. The summed E-state index contributed by atoms with van der Waals surface area (Å²) < 4.78 is 0. The number of rotatable bonds is 3. The topological polar surface area (TPSA) is 29.1 Å². The van der Waals surface area contributed by atoms with E-state index in [9.17, 15) is 4.79 Å². The average Bonchev–Trinajstić information content (AvgIpc) is 2.64. The van der Waals surface area contributed by atoms with Gasteiger partial charge in [0.05, 0.1) is 0 Å². The van der Waals surface area contributed by atoms with E-state index >= 15 is 0 Å². The van der Waals surface area contributed by atoms with Gasteiger partial charge in [0, 0.05) is 28.1 Å². The highest BCUT2D eigenvalue weighted by atomic mass is 35.5. The molecule has 1 aromatic rings. The molecule has 2 rings (SSSR count). The molecular formula is C11H12ClNOS. The minimum absolute atomic E-state index is 0.178. The third-order valence-electron chi connectivity index (χ3n) is 2.35. The number of hydrogen-bond acceptors (Lipinski definition) is 2. The van der Waals surface area contributed by atoms with Crippen LogP contribution >= 0.6 is 23.4 Å². The van der Waals surface area contributed by atoms with Crippen LogP contribution in [0, 0.1) is 0 Å². The Morgan fingerprint density at radius 2 is 2.13 bits per heavy atom. The lowest BCUT2D eigenvalue weighted by atomic mass is 10.2. The van der Waals surface area contributed by atoms with Gasteiger partial charge in [-0.1, -0.05) is 11.6 Å². The lowest BCUT2D eigenvalue weighted by molar-refractivity contribution is -0.119. The Kier molecular flexibility index (Phi) is 3.54. The minimum Gasteiger partial charge on any atom is -0.353 e. The summed E-state index contributed by atoms with van der Waals surface area (Å²) in [5.74, 6) is 1.12. The molecule has 1 atom stereocenters. The normalized spacial score (nSPS) is 20.3. The SMILES string of the molecule is O=C1CC[C@@H](CSc2ccc(Cl)cc2)N1. The first-order valence-corrected chi connectivity index (χ1v) is 6.28. The second kappa shape index (κ2) is 4.90. The predicted molar refractivity (Wildman–Crippen MR) is 63.3 cm³/mol. The lowest BCUT2D eigenvalue weighted by Crippen LogP contribution is -2.27. The first kappa shape index (κ1) is 10.8. The Balaban J connectivity index is 1.83. The van der Waals surface area contributed by atoms with E-state index in [0.717, 1.165) is 17.2 Å². The number of carbonyl (C=O) groups is 1. The second-order valence-corrected chi connectivity index (χ2v) is 5.10. The van der Waals surface area contributed by atoms with Crippen LogP contribution in [0.3, 0.4) is 0 Å². The van der Waals surface area contributed by atoms with E-state index in [1.165, 1.54) is 4.90 Å². The Hall–Kier alpha value is -0.670. The van der Waals surface area contributed by atoms with Gasteiger partial charge in [0.25, 0.3) is 0 Å². The van der Waals surface area contributed by atoms with Crippen LogP contribution in [0.4, 0.5) is 0 Å². The van der Waals surface area contributed by atoms with Crippen molar-refractivity contribution in [1.29, 1.82) is 0 Å². The molecule has 0 aliphatic carbocycles. The number of benzene rings is 1. The molecule has 1 aliphatic rings. The van der Waals surface area contributed by atoms with E-state index in [2.05, 4.69) is 5.32 Å². The van der Waals surface area contributed by atoms with Crippen molar-refractivity contribution in [3.63, 3.8) is 0 Å². The fourth-order valence-corrected chi connectivity index (χ4v) is 2.63. The van der Waals surface area contributed by atoms with Gasteiger partial charge >= 0.3 is 0 Å². The third-order valence-corrected chi connectivity index (χ3v) is 3.78. The fraction of sp³-hybridized carbons (Fsp3) is 0.364. The summed E-state index contributed by atoms with van der Waals surface area (Å²) in [5, 5.41) is 3.71. The molecular weight excluding hydrogens is 230 g/mol. The molecule has 1 aromatic carbocycles. The molecule has 15 heavy (non-hydrogen) atoms. The van der Waals surface area contributed by atoms with Gasteiger partial charge in [-0.05, 0) is 30.7 Å². The zero-order valence-electron chi connectivity index (χ0n) is 8.20. The van der Waals surface area contributed by atoms with Gasteiger partial charge in [0.15, 0.2) is 0 Å². The first-order chi connectivity index (χ1) is 7.24. The summed E-state index contributed by atoms with van der Waals surface area (Å²) in [4.78, 5) is 12.2. The average molecular weight is 242 g/mol. The van der Waals surface area contributed by atoms with Gasteiger partial charge in [-0.25, -0.2) is 0 Å². The maximum absolute atomic E-state index is 11.0. The summed E-state index contributed by atoms with van der Waals surface area (Å²) in [5.41, 5.74) is 0. The van der Waals surface area contributed by atoms with Crippen molar-refractivity contribution in [2.45, 2.75) is 23.8 Å². The van der Waals surface area contributed by atoms with Gasteiger partial charge < -0.3 is 5.32 Å². The largest absolute Gasteiger partial charge is 0.353 e. The van der Waals surface area contributed by atoms with Crippen LogP contribution in [0.5, 0.6) is 0 Å². The van der Waals surface area contributed by atoms with E-state index in [-0.39, 0.29) is 5.91 Å². The summed E-state index contributed by atoms with van der Waals surface area (Å²) in [6.07, 6.45) is 1.63. The van der Waals surface area contributed by atoms with Crippen LogP contribution in [0.25, 0.3) is 0 Å². The molecule has 0 saturated carbocycles. The summed E-state index contributed by atoms with van der Waals surface area (Å²) >= 11 is 7.55. The molecule has 2 nitrogen and oxygen atoms in total. The number of thioether (sulfide) groups is 1. The van der Waals surface area contributed by atoms with E-state index in [1.807, 2.05) is 24.3 Å². The van der Waals surface area contributed by atoms with Crippen LogP contribution in [0.15, 0.2) is 29.2 Å². The highest BCUT2D eigenvalue weighted by Crippen LogP contribution is 2.23.